The molecule has 0 amide bonds. The second kappa shape index (κ2) is 17.8. The van der Waals surface area contributed by atoms with Crippen molar-refractivity contribution in [3.8, 4) is 0 Å². The van der Waals surface area contributed by atoms with Crippen molar-refractivity contribution >= 4 is 5.97 Å². The third kappa shape index (κ3) is 11.1. The maximum Gasteiger partial charge on any atom is 0.308 e. The molecule has 11 heteroatoms. The molecule has 39 heavy (non-hydrogen) atoms. The van der Waals surface area contributed by atoms with Crippen molar-refractivity contribution in [2.24, 2.45) is 0 Å². The van der Waals surface area contributed by atoms with Crippen molar-refractivity contribution in [2.75, 3.05) is 0 Å². The van der Waals surface area contributed by atoms with Gasteiger partial charge in [-0.2, -0.15) is 0 Å². The van der Waals surface area contributed by atoms with Crippen LogP contribution in [0, 0.1) is 0 Å². The Morgan fingerprint density at radius 2 is 1.23 bits per heavy atom. The molecule has 0 aromatic rings. The first-order valence-electron chi connectivity index (χ1n) is 14.8. The molecule has 2 aliphatic rings. The van der Waals surface area contributed by atoms with Gasteiger partial charge in [0.2, 0.25) is 6.29 Å². The average molecular weight is 565 g/mol. The van der Waals surface area contributed by atoms with Crippen LogP contribution in [-0.2, 0) is 23.7 Å². The summed E-state index contributed by atoms with van der Waals surface area (Å²) in [4.78, 5) is 12.3. The fourth-order valence-electron chi connectivity index (χ4n) is 5.07. The minimum atomic E-state index is -1.59. The van der Waals surface area contributed by atoms with Gasteiger partial charge in [-0.1, -0.05) is 64.7 Å². The van der Waals surface area contributed by atoms with Crippen LogP contribution in [0.2, 0.25) is 0 Å². The van der Waals surface area contributed by atoms with E-state index in [1.165, 1.54) is 19.8 Å². The number of unbranched alkanes of at least 4 members (excludes halogenated alkanes) is 8. The monoisotopic (exact) mass is 564 g/mol. The van der Waals surface area contributed by atoms with Crippen LogP contribution in [0.1, 0.15) is 104 Å². The fraction of sp³-hybridized carbons (Fsp3) is 0.964. The number of hydrogen-bond acceptors (Lipinski definition) is 11. The van der Waals surface area contributed by atoms with Crippen molar-refractivity contribution in [1.82, 2.24) is 0 Å². The first-order valence-corrected chi connectivity index (χ1v) is 14.8. The van der Waals surface area contributed by atoms with Gasteiger partial charge in [-0.05, 0) is 33.1 Å². The van der Waals surface area contributed by atoms with E-state index < -0.39 is 67.4 Å². The third-order valence-corrected chi connectivity index (χ3v) is 7.68. The summed E-state index contributed by atoms with van der Waals surface area (Å²) in [6.45, 7) is 5.21. The van der Waals surface area contributed by atoms with Crippen LogP contribution in [0.15, 0.2) is 0 Å². The fourth-order valence-corrected chi connectivity index (χ4v) is 5.07. The first-order chi connectivity index (χ1) is 18.6. The number of aliphatic hydroxyl groups excluding tert-OH is 6. The quantitative estimate of drug-likeness (QED) is 0.112. The van der Waals surface area contributed by atoms with E-state index in [2.05, 4.69) is 6.92 Å². The third-order valence-electron chi connectivity index (χ3n) is 7.68. The number of aliphatic hydroxyl groups is 6. The summed E-state index contributed by atoms with van der Waals surface area (Å²) in [6, 6.07) is 0. The Morgan fingerprint density at radius 1 is 0.692 bits per heavy atom. The van der Waals surface area contributed by atoms with Gasteiger partial charge < -0.3 is 49.6 Å². The lowest BCUT2D eigenvalue weighted by molar-refractivity contribution is -0.348. The first kappa shape index (κ1) is 34.3. The number of esters is 1. The Balaban J connectivity index is 1.61. The van der Waals surface area contributed by atoms with E-state index in [-0.39, 0.29) is 12.5 Å². The van der Waals surface area contributed by atoms with E-state index in [0.29, 0.717) is 6.42 Å². The molecule has 2 fully saturated rings. The van der Waals surface area contributed by atoms with Crippen LogP contribution in [0.3, 0.4) is 0 Å². The molecule has 230 valence electrons. The van der Waals surface area contributed by atoms with E-state index in [0.717, 1.165) is 57.8 Å². The maximum atomic E-state index is 12.3. The highest BCUT2D eigenvalue weighted by Gasteiger charge is 2.49. The molecule has 2 aliphatic heterocycles. The molecule has 2 rings (SSSR count). The largest absolute Gasteiger partial charge is 0.433 e. The zero-order valence-corrected chi connectivity index (χ0v) is 23.8. The second-order valence-electron chi connectivity index (χ2n) is 11.1. The number of ether oxygens (including phenoxy) is 4. The Morgan fingerprint density at radius 3 is 1.87 bits per heavy atom. The Labute approximate surface area is 232 Å². The van der Waals surface area contributed by atoms with Crippen LogP contribution >= 0.6 is 0 Å². The Kier molecular flexibility index (Phi) is 15.7. The summed E-state index contributed by atoms with van der Waals surface area (Å²) < 4.78 is 21.9. The molecule has 11 nitrogen and oxygen atoms in total. The van der Waals surface area contributed by atoms with E-state index in [1.54, 1.807) is 6.92 Å². The lowest BCUT2D eigenvalue weighted by atomic mass is 9.97. The molecule has 0 unspecified atom stereocenters. The SMILES string of the molecule is CCCCC[C@H](O)CCCCCCCCCC(=O)O[C@@H]1O[C@H](C)[C@H](O[C@@H]2O[C@H](C)[C@H](O)[C@@H](O)[C@H]2O)[C@@H](O)[C@H]1O. The maximum absolute atomic E-state index is 12.3. The number of carbonyl (C=O) groups excluding carboxylic acids is 1. The van der Waals surface area contributed by atoms with Gasteiger partial charge in [0.25, 0.3) is 0 Å². The highest BCUT2D eigenvalue weighted by molar-refractivity contribution is 5.69. The van der Waals surface area contributed by atoms with Crippen LogP contribution in [0.25, 0.3) is 0 Å². The molecule has 0 radical (unpaired) electrons. The van der Waals surface area contributed by atoms with E-state index >= 15 is 0 Å². The average Bonchev–Trinajstić information content (AvgIpc) is 2.90. The van der Waals surface area contributed by atoms with Gasteiger partial charge in [0.05, 0.1) is 18.3 Å². The van der Waals surface area contributed by atoms with Crippen molar-refractivity contribution in [3.05, 3.63) is 0 Å². The highest BCUT2D eigenvalue weighted by atomic mass is 16.7. The molecule has 0 spiro atoms. The molecule has 0 aromatic heterocycles. The van der Waals surface area contributed by atoms with Crippen molar-refractivity contribution in [3.63, 3.8) is 0 Å². The van der Waals surface area contributed by atoms with E-state index in [9.17, 15) is 35.4 Å². The molecule has 11 atom stereocenters. The van der Waals surface area contributed by atoms with Gasteiger partial charge in [0.15, 0.2) is 6.29 Å². The normalized spacial score (nSPS) is 36.0. The summed E-state index contributed by atoms with van der Waals surface area (Å²) in [7, 11) is 0. The van der Waals surface area contributed by atoms with E-state index in [4.69, 9.17) is 18.9 Å². The summed E-state index contributed by atoms with van der Waals surface area (Å²) in [5.41, 5.74) is 0. The summed E-state index contributed by atoms with van der Waals surface area (Å²) in [5, 5.41) is 61.0. The lowest BCUT2D eigenvalue weighted by Crippen LogP contribution is -2.63. The molecule has 0 bridgehead atoms. The van der Waals surface area contributed by atoms with Crippen LogP contribution < -0.4 is 0 Å². The zero-order valence-electron chi connectivity index (χ0n) is 23.8. The second-order valence-corrected chi connectivity index (χ2v) is 11.1. The summed E-state index contributed by atoms with van der Waals surface area (Å²) in [6.07, 6.45) is -0.994. The van der Waals surface area contributed by atoms with Crippen molar-refractivity contribution in [2.45, 2.75) is 172 Å². The lowest BCUT2D eigenvalue weighted by Gasteiger charge is -2.45. The topological polar surface area (TPSA) is 175 Å². The molecule has 6 N–H and O–H groups in total. The van der Waals surface area contributed by atoms with Gasteiger partial charge in [0, 0.05) is 6.42 Å². The standard InChI is InChI=1S/C28H52O11/c1-4-5-11-14-19(29)15-12-9-7-6-8-10-13-16-20(30)38-27-25(35)23(33)26(18(3)37-27)39-28-24(34)22(32)21(31)17(2)36-28/h17-19,21-29,31-35H,4-16H2,1-3H3/t17-,18-,19+,21+,22-,23+,24-,25-,26+,27+,28+/m1/s1. The van der Waals surface area contributed by atoms with Crippen molar-refractivity contribution < 1.29 is 54.4 Å². The molecule has 2 heterocycles. The molecular weight excluding hydrogens is 512 g/mol. The van der Waals surface area contributed by atoms with Crippen LogP contribution in [0.4, 0.5) is 0 Å². The zero-order chi connectivity index (χ0) is 28.9. The molecular formula is C28H52O11. The Bertz CT molecular complexity index is 680. The van der Waals surface area contributed by atoms with Crippen LogP contribution in [0.5, 0.6) is 0 Å². The van der Waals surface area contributed by atoms with Gasteiger partial charge in [-0.3, -0.25) is 4.79 Å². The Hall–Kier alpha value is -0.890. The molecule has 2 saturated heterocycles. The smallest absolute Gasteiger partial charge is 0.308 e. The predicted molar refractivity (Wildman–Crippen MR) is 141 cm³/mol. The van der Waals surface area contributed by atoms with Crippen LogP contribution in [-0.4, -0.2) is 104 Å². The number of carbonyl (C=O) groups is 1. The molecule has 0 aromatic carbocycles. The minimum absolute atomic E-state index is 0.168. The van der Waals surface area contributed by atoms with Crippen molar-refractivity contribution in [1.29, 1.82) is 0 Å². The van der Waals surface area contributed by atoms with Gasteiger partial charge in [-0.15, -0.1) is 0 Å². The molecule has 0 saturated carbocycles. The van der Waals surface area contributed by atoms with E-state index in [1.807, 2.05) is 0 Å². The predicted octanol–water partition coefficient (Wildman–Crippen LogP) is 1.66. The highest BCUT2D eigenvalue weighted by Crippen LogP contribution is 2.29. The summed E-state index contributed by atoms with van der Waals surface area (Å²) in [5.74, 6) is -0.535. The molecule has 0 aliphatic carbocycles. The summed E-state index contributed by atoms with van der Waals surface area (Å²) >= 11 is 0. The number of hydrogen-bond donors (Lipinski definition) is 6. The van der Waals surface area contributed by atoms with Gasteiger partial charge >= 0.3 is 5.97 Å². The van der Waals surface area contributed by atoms with Gasteiger partial charge in [0.1, 0.15) is 36.6 Å². The van der Waals surface area contributed by atoms with Gasteiger partial charge in [-0.25, -0.2) is 0 Å². The minimum Gasteiger partial charge on any atom is -0.433 e. The number of rotatable bonds is 17.